The number of fused-ring (bicyclic) bond motifs is 4. The third kappa shape index (κ3) is 5.00. The number of benzene rings is 1. The molecule has 0 saturated carbocycles. The van der Waals surface area contributed by atoms with Crippen molar-refractivity contribution in [1.29, 1.82) is 0 Å². The van der Waals surface area contributed by atoms with E-state index in [1.54, 1.807) is 0 Å². The lowest BCUT2D eigenvalue weighted by Gasteiger charge is -2.34. The van der Waals surface area contributed by atoms with Crippen LogP contribution in [0.3, 0.4) is 0 Å². The molecule has 2 unspecified atom stereocenters. The molecule has 4 aliphatic heterocycles. The third-order valence-electron chi connectivity index (χ3n) is 9.13. The van der Waals surface area contributed by atoms with Crippen molar-refractivity contribution in [3.05, 3.63) is 35.8 Å². The monoisotopic (exact) mass is 590 g/mol. The van der Waals surface area contributed by atoms with Crippen LogP contribution in [0.2, 0.25) is 0 Å². The lowest BCUT2D eigenvalue weighted by molar-refractivity contribution is -0.127. The minimum atomic E-state index is -4.55. The highest BCUT2D eigenvalue weighted by atomic mass is 19.4. The number of phenols is 1. The van der Waals surface area contributed by atoms with Gasteiger partial charge >= 0.3 is 12.2 Å². The van der Waals surface area contributed by atoms with Crippen LogP contribution in [0.25, 0.3) is 22.2 Å². The molecule has 1 aromatic carbocycles. The minimum Gasteiger partial charge on any atom is -0.508 e. The smallest absolute Gasteiger partial charge is 0.393 e. The summed E-state index contributed by atoms with van der Waals surface area (Å²) in [5, 5.41) is 13.9. The number of phenolic OH excluding ortho intramolecular Hbond substituents is 1. The number of anilines is 1. The van der Waals surface area contributed by atoms with Gasteiger partial charge in [0.2, 0.25) is 0 Å². The molecule has 2 bridgehead atoms. The van der Waals surface area contributed by atoms with Crippen molar-refractivity contribution in [3.63, 3.8) is 0 Å². The first-order chi connectivity index (χ1) is 20.1. The predicted molar refractivity (Wildman–Crippen MR) is 145 cm³/mol. The number of aromatic hydroxyl groups is 1. The summed E-state index contributed by atoms with van der Waals surface area (Å²) in [5.74, 6) is -0.809. The topological polar surface area (TPSA) is 86.6 Å². The first kappa shape index (κ1) is 27.5. The fourth-order valence-corrected chi connectivity index (χ4v) is 7.29. The second-order valence-corrected chi connectivity index (χ2v) is 12.1. The molecule has 6 heterocycles. The van der Waals surface area contributed by atoms with Crippen LogP contribution in [0.1, 0.15) is 37.7 Å². The van der Waals surface area contributed by atoms with Crippen LogP contribution in [-0.2, 0) is 6.42 Å². The van der Waals surface area contributed by atoms with Gasteiger partial charge in [-0.2, -0.15) is 23.1 Å². The summed E-state index contributed by atoms with van der Waals surface area (Å²) in [5.41, 5.74) is -1.36. The number of nitrogens with one attached hydrogen (secondary N) is 1. The Hall–Kier alpha value is -3.32. The number of rotatable bonds is 6. The number of alkyl halides is 4. The Morgan fingerprint density at radius 3 is 2.67 bits per heavy atom. The van der Waals surface area contributed by atoms with E-state index in [9.17, 15) is 22.7 Å². The zero-order valence-corrected chi connectivity index (χ0v) is 22.8. The number of piperazine rings is 1. The van der Waals surface area contributed by atoms with Crippen LogP contribution < -0.4 is 15.0 Å². The average molecular weight is 591 g/mol. The first-order valence-electron chi connectivity index (χ1n) is 14.4. The molecule has 4 atom stereocenters. The van der Waals surface area contributed by atoms with Gasteiger partial charge in [-0.3, -0.25) is 9.88 Å². The Bertz CT molecular complexity index is 1510. The lowest BCUT2D eigenvalue weighted by Crippen LogP contribution is -2.51. The summed E-state index contributed by atoms with van der Waals surface area (Å²) in [6.07, 6.45) is -1.38. The second-order valence-electron chi connectivity index (χ2n) is 12.1. The summed E-state index contributed by atoms with van der Waals surface area (Å²) in [6, 6.07) is 3.75. The van der Waals surface area contributed by atoms with Crippen molar-refractivity contribution in [2.75, 3.05) is 37.7 Å². The van der Waals surface area contributed by atoms with E-state index in [4.69, 9.17) is 9.72 Å². The van der Waals surface area contributed by atoms with Gasteiger partial charge in [-0.25, -0.2) is 8.78 Å². The molecular formula is C29H31F5N6O2. The maximum atomic E-state index is 16.3. The van der Waals surface area contributed by atoms with Crippen molar-refractivity contribution in [2.45, 2.75) is 68.5 Å². The molecule has 0 spiro atoms. The summed E-state index contributed by atoms with van der Waals surface area (Å²) in [4.78, 5) is 17.5. The van der Waals surface area contributed by atoms with Gasteiger partial charge in [-0.15, -0.1) is 0 Å². The Kier molecular flexibility index (Phi) is 6.65. The Balaban J connectivity index is 1.32. The number of pyridine rings is 1. The van der Waals surface area contributed by atoms with Gasteiger partial charge in [0.1, 0.15) is 35.6 Å². The van der Waals surface area contributed by atoms with Crippen LogP contribution >= 0.6 is 0 Å². The van der Waals surface area contributed by atoms with Crippen LogP contribution in [0, 0.1) is 5.82 Å². The van der Waals surface area contributed by atoms with Gasteiger partial charge in [0.15, 0.2) is 5.82 Å². The van der Waals surface area contributed by atoms with E-state index in [-0.39, 0.29) is 52.8 Å². The predicted octanol–water partition coefficient (Wildman–Crippen LogP) is 4.54. The molecular weight excluding hydrogens is 559 g/mol. The molecule has 3 aromatic rings. The molecule has 2 N–H and O–H groups in total. The molecule has 224 valence electrons. The standard InChI is InChI=1S/C29H31F5N6O2/c30-17-10-28(6-1-7-40(28)12-17)15-42-27-37-25-22(26(38-27)39-13-18-3-4-19(14-39)36-18)11-35-24(23(25)31)21-8-20(41)5-2-16(21)9-29(32,33)34/h2,5,8,11,17-19,36,41H,1,3-4,6-7,9-10,12-15H2/t17-,18?,19?,28+/m1/s1. The van der Waals surface area contributed by atoms with Crippen LogP contribution in [0.5, 0.6) is 11.8 Å². The number of hydrogen-bond donors (Lipinski definition) is 2. The Morgan fingerprint density at radius 1 is 1.12 bits per heavy atom. The van der Waals surface area contributed by atoms with Crippen LogP contribution in [-0.4, -0.2) is 87.7 Å². The molecule has 4 fully saturated rings. The molecule has 13 heteroatoms. The second kappa shape index (κ2) is 10.1. The third-order valence-corrected chi connectivity index (χ3v) is 9.13. The van der Waals surface area contributed by atoms with E-state index in [1.165, 1.54) is 6.20 Å². The molecule has 0 radical (unpaired) electrons. The van der Waals surface area contributed by atoms with Gasteiger partial charge < -0.3 is 20.1 Å². The molecule has 2 aromatic heterocycles. The quantitative estimate of drug-likeness (QED) is 0.405. The molecule has 7 rings (SSSR count). The van der Waals surface area contributed by atoms with E-state index in [1.807, 2.05) is 4.90 Å². The molecule has 0 amide bonds. The zero-order chi connectivity index (χ0) is 29.2. The number of ether oxygens (including phenoxy) is 1. The SMILES string of the molecule is Oc1ccc(CC(F)(F)F)c(-c2ncc3c(N4CC5CCC(C4)N5)nc(OC[C@@]45CCCN4C[C@H](F)C5)nc3c2F)c1. The number of nitrogens with zero attached hydrogens (tertiary/aromatic N) is 5. The lowest BCUT2D eigenvalue weighted by atomic mass is 9.95. The van der Waals surface area contributed by atoms with E-state index in [0.29, 0.717) is 37.3 Å². The van der Waals surface area contributed by atoms with E-state index >= 15 is 4.39 Å². The first-order valence-corrected chi connectivity index (χ1v) is 14.4. The van der Waals surface area contributed by atoms with Gasteiger partial charge in [0.05, 0.1) is 17.3 Å². The molecule has 4 saturated heterocycles. The normalized spacial score (nSPS) is 27.6. The fourth-order valence-electron chi connectivity index (χ4n) is 7.29. The van der Waals surface area contributed by atoms with Gasteiger partial charge in [0.25, 0.3) is 0 Å². The fraction of sp³-hybridized carbons (Fsp3) is 0.552. The minimum absolute atomic E-state index is 0.0746. The summed E-state index contributed by atoms with van der Waals surface area (Å²) < 4.78 is 76.8. The molecule has 0 aliphatic carbocycles. The van der Waals surface area contributed by atoms with Crippen molar-refractivity contribution in [2.24, 2.45) is 0 Å². The highest BCUT2D eigenvalue weighted by Crippen LogP contribution is 2.41. The van der Waals surface area contributed by atoms with Gasteiger partial charge in [-0.1, -0.05) is 6.07 Å². The number of aromatic nitrogens is 3. The molecule has 42 heavy (non-hydrogen) atoms. The maximum Gasteiger partial charge on any atom is 0.393 e. The van der Waals surface area contributed by atoms with Crippen LogP contribution in [0.4, 0.5) is 27.8 Å². The van der Waals surface area contributed by atoms with Crippen LogP contribution in [0.15, 0.2) is 24.4 Å². The number of hydrogen-bond acceptors (Lipinski definition) is 8. The van der Waals surface area contributed by atoms with E-state index < -0.39 is 30.1 Å². The summed E-state index contributed by atoms with van der Waals surface area (Å²) >= 11 is 0. The van der Waals surface area contributed by atoms with Gasteiger partial charge in [0, 0.05) is 49.9 Å². The zero-order valence-electron chi connectivity index (χ0n) is 22.8. The van der Waals surface area contributed by atoms with E-state index in [0.717, 1.165) is 50.4 Å². The average Bonchev–Trinajstić information content (AvgIpc) is 3.58. The number of halogens is 5. The Morgan fingerprint density at radius 2 is 1.90 bits per heavy atom. The largest absolute Gasteiger partial charge is 0.508 e. The van der Waals surface area contributed by atoms with Crippen molar-refractivity contribution < 1.29 is 31.8 Å². The van der Waals surface area contributed by atoms with Crippen molar-refractivity contribution >= 4 is 16.7 Å². The molecule has 4 aliphatic rings. The molecule has 8 nitrogen and oxygen atoms in total. The van der Waals surface area contributed by atoms with Crippen molar-refractivity contribution in [3.8, 4) is 23.0 Å². The highest BCUT2D eigenvalue weighted by molar-refractivity contribution is 5.92. The summed E-state index contributed by atoms with van der Waals surface area (Å²) in [6.45, 7) is 2.55. The van der Waals surface area contributed by atoms with Crippen molar-refractivity contribution in [1.82, 2.24) is 25.2 Å². The highest BCUT2D eigenvalue weighted by Gasteiger charge is 2.49. The van der Waals surface area contributed by atoms with Gasteiger partial charge in [-0.05, 0) is 49.9 Å². The maximum absolute atomic E-state index is 16.3. The Labute approximate surface area is 238 Å². The van der Waals surface area contributed by atoms with E-state index in [2.05, 4.69) is 20.2 Å². The summed E-state index contributed by atoms with van der Waals surface area (Å²) in [7, 11) is 0.